The van der Waals surface area contributed by atoms with Gasteiger partial charge < -0.3 is 9.25 Å². The zero-order chi connectivity index (χ0) is 19.2. The summed E-state index contributed by atoms with van der Waals surface area (Å²) in [7, 11) is 0. The van der Waals surface area contributed by atoms with Gasteiger partial charge in [-0.1, -0.05) is 96.2 Å². The van der Waals surface area contributed by atoms with Crippen LogP contribution in [0, 0.1) is 0 Å². The monoisotopic (exact) mass is 367 g/mol. The molecule has 0 saturated heterocycles. The molecule has 3 aromatic carbocycles. The van der Waals surface area contributed by atoms with Crippen molar-refractivity contribution >= 4 is 5.71 Å². The smallest absolute Gasteiger partial charge is 0.212 e. The second-order valence-electron chi connectivity index (χ2n) is 6.52. The van der Waals surface area contributed by atoms with Crippen LogP contribution in [0.3, 0.4) is 0 Å². The maximum absolute atomic E-state index is 6.40. The van der Waals surface area contributed by atoms with Gasteiger partial charge in [-0.25, -0.2) is 0 Å². The molecule has 0 saturated carbocycles. The molecule has 0 aliphatic carbocycles. The van der Waals surface area contributed by atoms with Gasteiger partial charge in [-0.3, -0.25) is 0 Å². The van der Waals surface area contributed by atoms with Gasteiger partial charge in [-0.05, 0) is 19.1 Å². The Labute approximate surface area is 164 Å². The number of hydrogen-bond donors (Lipinski definition) is 0. The van der Waals surface area contributed by atoms with Crippen LogP contribution in [-0.2, 0) is 10.4 Å². The predicted molar refractivity (Wildman–Crippen MR) is 111 cm³/mol. The molecule has 3 heteroatoms. The zero-order valence-electron chi connectivity index (χ0n) is 15.7. The van der Waals surface area contributed by atoms with Crippen LogP contribution in [-0.4, -0.2) is 5.71 Å². The van der Waals surface area contributed by atoms with Gasteiger partial charge in [0.1, 0.15) is 5.71 Å². The third-order valence-corrected chi connectivity index (χ3v) is 4.74. The maximum Gasteiger partial charge on any atom is 0.212 e. The fourth-order valence-corrected chi connectivity index (χ4v) is 3.34. The second kappa shape index (κ2) is 7.97. The quantitative estimate of drug-likeness (QED) is 0.237. The van der Waals surface area contributed by atoms with Gasteiger partial charge >= 0.3 is 0 Å². The Bertz CT molecular complexity index is 927. The van der Waals surface area contributed by atoms with E-state index >= 15 is 0 Å². The second-order valence-corrected chi connectivity index (χ2v) is 6.52. The number of hydrogen-bond acceptors (Lipinski definition) is 3. The third kappa shape index (κ3) is 3.35. The van der Waals surface area contributed by atoms with Crippen LogP contribution < -0.4 is 0 Å². The normalized spacial score (nSPS) is 12.0. The molecule has 3 nitrogen and oxygen atoms in total. The third-order valence-electron chi connectivity index (χ3n) is 4.74. The van der Waals surface area contributed by atoms with Crippen LogP contribution in [0.2, 0.25) is 0 Å². The molecule has 138 valence electrons. The first-order chi connectivity index (χ1) is 13.8. The van der Waals surface area contributed by atoms with Crippen molar-refractivity contribution in [2.45, 2.75) is 12.5 Å². The van der Waals surface area contributed by atoms with Crippen molar-refractivity contribution in [3.05, 3.63) is 132 Å². The first-order valence-corrected chi connectivity index (χ1v) is 9.24. The zero-order valence-corrected chi connectivity index (χ0v) is 15.7. The Balaban J connectivity index is 1.92. The van der Waals surface area contributed by atoms with E-state index in [1.807, 2.05) is 73.7 Å². The van der Waals surface area contributed by atoms with Crippen molar-refractivity contribution in [2.75, 3.05) is 0 Å². The molecule has 0 aliphatic heterocycles. The molecule has 0 unspecified atom stereocenters. The molecule has 4 rings (SSSR count). The van der Waals surface area contributed by atoms with Crippen molar-refractivity contribution in [2.24, 2.45) is 5.16 Å². The number of furan rings is 1. The largest absolute Gasteiger partial charge is 0.463 e. The summed E-state index contributed by atoms with van der Waals surface area (Å²) >= 11 is 0. The van der Waals surface area contributed by atoms with Gasteiger partial charge in [0.05, 0.1) is 6.26 Å². The average Bonchev–Trinajstić information content (AvgIpc) is 3.31. The van der Waals surface area contributed by atoms with Gasteiger partial charge in [-0.2, -0.15) is 0 Å². The van der Waals surface area contributed by atoms with Crippen LogP contribution in [0.4, 0.5) is 0 Å². The molecule has 0 radical (unpaired) electrons. The van der Waals surface area contributed by atoms with E-state index in [1.54, 1.807) is 6.26 Å². The van der Waals surface area contributed by atoms with E-state index in [1.165, 1.54) is 0 Å². The Morgan fingerprint density at radius 2 is 1.14 bits per heavy atom. The molecule has 4 aromatic rings. The van der Waals surface area contributed by atoms with Crippen molar-refractivity contribution < 1.29 is 9.25 Å². The number of nitrogens with zero attached hydrogens (tertiary/aromatic N) is 1. The molecule has 28 heavy (non-hydrogen) atoms. The van der Waals surface area contributed by atoms with E-state index in [2.05, 4.69) is 41.6 Å². The van der Waals surface area contributed by atoms with Crippen LogP contribution in [0.5, 0.6) is 0 Å². The van der Waals surface area contributed by atoms with E-state index in [9.17, 15) is 0 Å². The number of rotatable bonds is 6. The van der Waals surface area contributed by atoms with E-state index < -0.39 is 5.60 Å². The Morgan fingerprint density at radius 1 is 0.679 bits per heavy atom. The minimum Gasteiger partial charge on any atom is -0.463 e. The highest BCUT2D eigenvalue weighted by molar-refractivity contribution is 5.95. The molecule has 0 spiro atoms. The molecular weight excluding hydrogens is 346 g/mol. The summed E-state index contributed by atoms with van der Waals surface area (Å²) < 4.78 is 5.47. The molecule has 0 bridgehead atoms. The fraction of sp³-hybridized carbons (Fsp3) is 0.0800. The van der Waals surface area contributed by atoms with Crippen molar-refractivity contribution in [1.82, 2.24) is 0 Å². The average molecular weight is 367 g/mol. The Morgan fingerprint density at radius 3 is 1.54 bits per heavy atom. The molecular formula is C25H21NO2. The number of benzene rings is 3. The van der Waals surface area contributed by atoms with Crippen molar-refractivity contribution in [3.63, 3.8) is 0 Å². The van der Waals surface area contributed by atoms with Gasteiger partial charge in [0.15, 0.2) is 5.76 Å². The fourth-order valence-electron chi connectivity index (χ4n) is 3.34. The molecule has 1 aromatic heterocycles. The molecule has 0 fully saturated rings. The van der Waals surface area contributed by atoms with Crippen LogP contribution in [0.1, 0.15) is 29.4 Å². The first-order valence-electron chi connectivity index (χ1n) is 9.24. The minimum atomic E-state index is -0.877. The lowest BCUT2D eigenvalue weighted by Crippen LogP contribution is -2.31. The summed E-state index contributed by atoms with van der Waals surface area (Å²) in [5, 5.41) is 4.49. The lowest BCUT2D eigenvalue weighted by atomic mass is 9.80. The summed E-state index contributed by atoms with van der Waals surface area (Å²) in [6.45, 7) is 1.88. The van der Waals surface area contributed by atoms with Crippen molar-refractivity contribution in [3.8, 4) is 0 Å². The summed E-state index contributed by atoms with van der Waals surface area (Å²) in [5.41, 5.74) is 2.81. The van der Waals surface area contributed by atoms with Gasteiger partial charge in [-0.15, -0.1) is 0 Å². The van der Waals surface area contributed by atoms with E-state index in [-0.39, 0.29) is 0 Å². The van der Waals surface area contributed by atoms with E-state index in [4.69, 9.17) is 9.25 Å². The molecule has 0 amide bonds. The molecule has 0 N–H and O–H groups in total. The van der Waals surface area contributed by atoms with E-state index in [0.717, 1.165) is 16.7 Å². The highest BCUT2D eigenvalue weighted by Gasteiger charge is 2.39. The van der Waals surface area contributed by atoms with Crippen LogP contribution in [0.25, 0.3) is 0 Å². The molecule has 0 atom stereocenters. The summed E-state index contributed by atoms with van der Waals surface area (Å²) in [6, 6.07) is 34.2. The highest BCUT2D eigenvalue weighted by atomic mass is 16.7. The van der Waals surface area contributed by atoms with Crippen LogP contribution in [0.15, 0.2) is 119 Å². The summed E-state index contributed by atoms with van der Waals surface area (Å²) in [4.78, 5) is 6.40. The Kier molecular flexibility index (Phi) is 5.07. The van der Waals surface area contributed by atoms with Crippen LogP contribution >= 0.6 is 0 Å². The molecule has 0 aliphatic rings. The summed E-state index contributed by atoms with van der Waals surface area (Å²) in [6.07, 6.45) is 1.63. The number of oxime groups is 1. The van der Waals surface area contributed by atoms with E-state index in [0.29, 0.717) is 11.5 Å². The highest BCUT2D eigenvalue weighted by Crippen LogP contribution is 2.40. The molecule has 1 heterocycles. The maximum atomic E-state index is 6.40. The van der Waals surface area contributed by atoms with Gasteiger partial charge in [0, 0.05) is 16.7 Å². The summed E-state index contributed by atoms with van der Waals surface area (Å²) in [5.74, 6) is 0.683. The minimum absolute atomic E-state index is 0.678. The standard InChI is InChI=1S/C25H21NO2/c1-20(24-18-11-19-27-24)26-28-25(21-12-5-2-6-13-21,22-14-7-3-8-15-22)23-16-9-4-10-17-23/h2-19H,1H3. The first kappa shape index (κ1) is 17.8. The SMILES string of the molecule is CC(=NOC(c1ccccc1)(c1ccccc1)c1ccccc1)c1ccco1. The lowest BCUT2D eigenvalue weighted by molar-refractivity contribution is 0.0170. The van der Waals surface area contributed by atoms with Gasteiger partial charge in [0.2, 0.25) is 5.60 Å². The van der Waals surface area contributed by atoms with Crippen molar-refractivity contribution in [1.29, 1.82) is 0 Å². The Hall–Kier alpha value is -3.59. The lowest BCUT2D eigenvalue weighted by Gasteiger charge is -2.33. The van der Waals surface area contributed by atoms with Gasteiger partial charge in [0.25, 0.3) is 0 Å². The predicted octanol–water partition coefficient (Wildman–Crippen LogP) is 6.01. The topological polar surface area (TPSA) is 34.7 Å².